The average molecular weight is 257 g/mol. The molecule has 0 aliphatic rings. The first-order valence-electron chi connectivity index (χ1n) is 5.82. The van der Waals surface area contributed by atoms with Gasteiger partial charge in [-0.1, -0.05) is 6.92 Å². The van der Waals surface area contributed by atoms with Gasteiger partial charge in [0.25, 0.3) is 5.91 Å². The standard InChI is InChI=1S/C11H19N3O2S/c1-3-8(5-6-15)13-10(16)9-7-17-11(14-9)12-4-2/h7-8,15H,3-6H2,1-2H3,(H,12,14)(H,13,16). The molecule has 0 radical (unpaired) electrons. The molecule has 0 fully saturated rings. The topological polar surface area (TPSA) is 74.2 Å². The number of nitrogens with one attached hydrogen (secondary N) is 2. The van der Waals surface area contributed by atoms with Gasteiger partial charge in [-0.25, -0.2) is 4.98 Å². The molecule has 5 nitrogen and oxygen atoms in total. The van der Waals surface area contributed by atoms with E-state index in [1.54, 1.807) is 5.38 Å². The van der Waals surface area contributed by atoms with Crippen molar-refractivity contribution < 1.29 is 9.90 Å². The molecule has 1 unspecified atom stereocenters. The van der Waals surface area contributed by atoms with Crippen LogP contribution in [0.25, 0.3) is 0 Å². The Morgan fingerprint density at radius 1 is 1.59 bits per heavy atom. The van der Waals surface area contributed by atoms with Gasteiger partial charge in [-0.15, -0.1) is 11.3 Å². The van der Waals surface area contributed by atoms with E-state index in [0.717, 1.165) is 18.1 Å². The van der Waals surface area contributed by atoms with E-state index >= 15 is 0 Å². The number of aliphatic hydroxyl groups excluding tert-OH is 1. The number of aromatic nitrogens is 1. The van der Waals surface area contributed by atoms with Crippen LogP contribution in [0.1, 0.15) is 37.2 Å². The Hall–Kier alpha value is -1.14. The maximum Gasteiger partial charge on any atom is 0.271 e. The smallest absolute Gasteiger partial charge is 0.271 e. The van der Waals surface area contributed by atoms with Crippen LogP contribution in [0.5, 0.6) is 0 Å². The number of aliphatic hydroxyl groups is 1. The number of anilines is 1. The lowest BCUT2D eigenvalue weighted by atomic mass is 10.1. The van der Waals surface area contributed by atoms with Gasteiger partial charge in [-0.2, -0.15) is 0 Å². The SMILES string of the molecule is CCNc1nc(C(=O)NC(CC)CCO)cs1. The Bertz CT molecular complexity index is 354. The molecule has 0 aromatic carbocycles. The molecule has 17 heavy (non-hydrogen) atoms. The third kappa shape index (κ3) is 4.32. The molecule has 0 saturated heterocycles. The molecular formula is C11H19N3O2S. The Labute approximate surface area is 105 Å². The maximum absolute atomic E-state index is 11.8. The fourth-order valence-corrected chi connectivity index (χ4v) is 2.17. The van der Waals surface area contributed by atoms with Crippen LogP contribution >= 0.6 is 11.3 Å². The van der Waals surface area contributed by atoms with Crippen molar-refractivity contribution in [3.8, 4) is 0 Å². The van der Waals surface area contributed by atoms with Crippen LogP contribution in [0, 0.1) is 0 Å². The highest BCUT2D eigenvalue weighted by atomic mass is 32.1. The van der Waals surface area contributed by atoms with Crippen LogP contribution < -0.4 is 10.6 Å². The van der Waals surface area contributed by atoms with E-state index in [4.69, 9.17) is 5.11 Å². The molecule has 3 N–H and O–H groups in total. The van der Waals surface area contributed by atoms with E-state index in [1.807, 2.05) is 13.8 Å². The highest BCUT2D eigenvalue weighted by Gasteiger charge is 2.14. The summed E-state index contributed by atoms with van der Waals surface area (Å²) in [7, 11) is 0. The number of carbonyl (C=O) groups excluding carboxylic acids is 1. The number of nitrogens with zero attached hydrogens (tertiary/aromatic N) is 1. The number of thiazole rings is 1. The van der Waals surface area contributed by atoms with Gasteiger partial charge in [0.1, 0.15) is 5.69 Å². The second-order valence-corrected chi connectivity index (χ2v) is 4.52. The van der Waals surface area contributed by atoms with Crippen molar-refractivity contribution in [1.29, 1.82) is 0 Å². The third-order valence-electron chi connectivity index (χ3n) is 2.37. The fourth-order valence-electron chi connectivity index (χ4n) is 1.40. The Morgan fingerprint density at radius 2 is 2.35 bits per heavy atom. The van der Waals surface area contributed by atoms with E-state index in [-0.39, 0.29) is 18.6 Å². The largest absolute Gasteiger partial charge is 0.396 e. The second-order valence-electron chi connectivity index (χ2n) is 3.66. The summed E-state index contributed by atoms with van der Waals surface area (Å²) in [4.78, 5) is 16.0. The summed E-state index contributed by atoms with van der Waals surface area (Å²) in [5.41, 5.74) is 0.433. The maximum atomic E-state index is 11.8. The molecule has 1 heterocycles. The van der Waals surface area contributed by atoms with Gasteiger partial charge in [0.05, 0.1) is 0 Å². The van der Waals surface area contributed by atoms with Crippen molar-refractivity contribution in [2.75, 3.05) is 18.5 Å². The second kappa shape index (κ2) is 7.24. The van der Waals surface area contributed by atoms with E-state index in [9.17, 15) is 4.79 Å². The first-order chi connectivity index (χ1) is 8.21. The third-order valence-corrected chi connectivity index (χ3v) is 3.17. The van der Waals surface area contributed by atoms with Gasteiger partial charge in [0.15, 0.2) is 5.13 Å². The van der Waals surface area contributed by atoms with Crippen molar-refractivity contribution in [1.82, 2.24) is 10.3 Å². The van der Waals surface area contributed by atoms with E-state index in [1.165, 1.54) is 11.3 Å². The summed E-state index contributed by atoms with van der Waals surface area (Å²) in [5, 5.41) is 17.3. The number of hydrogen-bond donors (Lipinski definition) is 3. The molecule has 0 aliphatic carbocycles. The number of hydrogen-bond acceptors (Lipinski definition) is 5. The predicted molar refractivity (Wildman–Crippen MR) is 69.5 cm³/mol. The zero-order chi connectivity index (χ0) is 12.7. The molecule has 0 bridgehead atoms. The highest BCUT2D eigenvalue weighted by molar-refractivity contribution is 7.13. The zero-order valence-electron chi connectivity index (χ0n) is 10.2. The average Bonchev–Trinajstić information content (AvgIpc) is 2.77. The van der Waals surface area contributed by atoms with Gasteiger partial charge < -0.3 is 15.7 Å². The first kappa shape index (κ1) is 13.9. The summed E-state index contributed by atoms with van der Waals surface area (Å²) in [6.45, 7) is 4.83. The van der Waals surface area contributed by atoms with Crippen molar-refractivity contribution >= 4 is 22.4 Å². The van der Waals surface area contributed by atoms with Gasteiger partial charge in [0.2, 0.25) is 0 Å². The summed E-state index contributed by atoms with van der Waals surface area (Å²) in [6, 6.07) is 0.0109. The minimum absolute atomic E-state index is 0.0109. The van der Waals surface area contributed by atoms with E-state index < -0.39 is 0 Å². The fraction of sp³-hybridized carbons (Fsp3) is 0.636. The number of carbonyl (C=O) groups is 1. The van der Waals surface area contributed by atoms with Crippen LogP contribution in [0.2, 0.25) is 0 Å². The predicted octanol–water partition coefficient (Wildman–Crippen LogP) is 1.47. The van der Waals surface area contributed by atoms with Crippen LogP contribution in [-0.4, -0.2) is 35.2 Å². The molecule has 0 saturated carbocycles. The lowest BCUT2D eigenvalue weighted by Crippen LogP contribution is -2.35. The van der Waals surface area contributed by atoms with Crippen molar-refractivity contribution in [2.45, 2.75) is 32.7 Å². The zero-order valence-corrected chi connectivity index (χ0v) is 11.0. The lowest BCUT2D eigenvalue weighted by Gasteiger charge is -2.14. The molecule has 1 rings (SSSR count). The van der Waals surface area contributed by atoms with Crippen molar-refractivity contribution in [3.63, 3.8) is 0 Å². The Morgan fingerprint density at radius 3 is 2.94 bits per heavy atom. The normalized spacial score (nSPS) is 12.2. The lowest BCUT2D eigenvalue weighted by molar-refractivity contribution is 0.0925. The molecular weight excluding hydrogens is 238 g/mol. The Balaban J connectivity index is 2.55. The summed E-state index contributed by atoms with van der Waals surface area (Å²) >= 11 is 1.42. The van der Waals surface area contributed by atoms with Gasteiger partial charge in [-0.3, -0.25) is 4.79 Å². The molecule has 1 aromatic heterocycles. The molecule has 6 heteroatoms. The van der Waals surface area contributed by atoms with E-state index in [2.05, 4.69) is 15.6 Å². The minimum Gasteiger partial charge on any atom is -0.396 e. The van der Waals surface area contributed by atoms with Crippen LogP contribution in [0.15, 0.2) is 5.38 Å². The van der Waals surface area contributed by atoms with Gasteiger partial charge >= 0.3 is 0 Å². The van der Waals surface area contributed by atoms with Gasteiger partial charge in [-0.05, 0) is 19.8 Å². The summed E-state index contributed by atoms with van der Waals surface area (Å²) in [6.07, 6.45) is 1.38. The van der Waals surface area contributed by atoms with Crippen molar-refractivity contribution in [3.05, 3.63) is 11.1 Å². The first-order valence-corrected chi connectivity index (χ1v) is 6.70. The van der Waals surface area contributed by atoms with Crippen LogP contribution in [-0.2, 0) is 0 Å². The van der Waals surface area contributed by atoms with E-state index in [0.29, 0.717) is 12.1 Å². The van der Waals surface area contributed by atoms with Gasteiger partial charge in [0, 0.05) is 24.6 Å². The molecule has 1 aromatic rings. The summed E-state index contributed by atoms with van der Waals surface area (Å²) in [5.74, 6) is -0.175. The quantitative estimate of drug-likeness (QED) is 0.691. The monoisotopic (exact) mass is 257 g/mol. The molecule has 1 amide bonds. The van der Waals surface area contributed by atoms with Crippen LogP contribution in [0.4, 0.5) is 5.13 Å². The molecule has 1 atom stereocenters. The number of amides is 1. The molecule has 0 spiro atoms. The Kier molecular flexibility index (Phi) is 5.93. The van der Waals surface area contributed by atoms with Crippen molar-refractivity contribution in [2.24, 2.45) is 0 Å². The minimum atomic E-state index is -0.175. The summed E-state index contributed by atoms with van der Waals surface area (Å²) < 4.78 is 0. The number of rotatable bonds is 7. The molecule has 96 valence electrons. The van der Waals surface area contributed by atoms with Crippen LogP contribution in [0.3, 0.4) is 0 Å². The highest BCUT2D eigenvalue weighted by Crippen LogP contribution is 2.15. The molecule has 0 aliphatic heterocycles.